The summed E-state index contributed by atoms with van der Waals surface area (Å²) in [6, 6.07) is 6.89. The van der Waals surface area contributed by atoms with Gasteiger partial charge in [-0.2, -0.15) is 5.26 Å². The molecule has 0 saturated heterocycles. The van der Waals surface area contributed by atoms with Crippen molar-refractivity contribution in [2.75, 3.05) is 7.11 Å². The van der Waals surface area contributed by atoms with Crippen LogP contribution in [0, 0.1) is 11.3 Å². The Morgan fingerprint density at radius 3 is 3.00 bits per heavy atom. The number of methoxy groups -OCH3 is 1. The lowest BCUT2D eigenvalue weighted by atomic mass is 10.1. The highest BCUT2D eigenvalue weighted by molar-refractivity contribution is 6.15. The first kappa shape index (κ1) is 9.28. The smallest absolute Gasteiger partial charge is 0.264 e. The second-order valence-electron chi connectivity index (χ2n) is 3.05. The van der Waals surface area contributed by atoms with Gasteiger partial charge in [0.15, 0.2) is 0 Å². The number of rotatable bonds is 2. The minimum Gasteiger partial charge on any atom is -0.497 e. The zero-order valence-electron chi connectivity index (χ0n) is 8.07. The van der Waals surface area contributed by atoms with Crippen LogP contribution in [0.4, 0.5) is 0 Å². The van der Waals surface area contributed by atoms with E-state index in [0.29, 0.717) is 11.3 Å². The molecule has 0 aliphatic heterocycles. The third kappa shape index (κ3) is 1.44. The fraction of sp³-hybridized carbons (Fsp3) is 0.0909. The van der Waals surface area contributed by atoms with Gasteiger partial charge in [-0.25, -0.2) is 0 Å². The van der Waals surface area contributed by atoms with E-state index in [1.165, 1.54) is 6.20 Å². The third-order valence-electron chi connectivity index (χ3n) is 2.24. The fourth-order valence-corrected chi connectivity index (χ4v) is 1.48. The molecular formula is C11H8N2O2. The molecule has 0 unspecified atom stereocenters. The van der Waals surface area contributed by atoms with Gasteiger partial charge in [0.1, 0.15) is 11.8 Å². The van der Waals surface area contributed by atoms with Crippen LogP contribution in [-0.4, -0.2) is 17.9 Å². The van der Waals surface area contributed by atoms with Crippen molar-refractivity contribution >= 4 is 16.7 Å². The number of hydrogen-bond donors (Lipinski definition) is 1. The number of carbonyl (C=O) groups excluding carboxylic acids is 1. The number of nitriles is 1. The molecule has 0 spiro atoms. The summed E-state index contributed by atoms with van der Waals surface area (Å²) in [5, 5.41) is 9.27. The maximum absolute atomic E-state index is 11.2. The summed E-state index contributed by atoms with van der Waals surface area (Å²) >= 11 is 0. The number of benzene rings is 1. The number of ether oxygens (including phenoxy) is 1. The van der Waals surface area contributed by atoms with E-state index in [4.69, 9.17) is 10.00 Å². The van der Waals surface area contributed by atoms with E-state index in [9.17, 15) is 4.79 Å². The molecule has 0 aliphatic rings. The normalized spacial score (nSPS) is 9.87. The second-order valence-corrected chi connectivity index (χ2v) is 3.05. The molecule has 2 rings (SSSR count). The molecule has 0 atom stereocenters. The lowest BCUT2D eigenvalue weighted by molar-refractivity contribution is 0.105. The van der Waals surface area contributed by atoms with Crippen molar-refractivity contribution in [1.29, 1.82) is 5.26 Å². The molecule has 74 valence electrons. The van der Waals surface area contributed by atoms with Gasteiger partial charge in [-0.05, 0) is 12.1 Å². The molecule has 1 N–H and O–H groups in total. The molecule has 4 heteroatoms. The second kappa shape index (κ2) is 3.46. The largest absolute Gasteiger partial charge is 0.497 e. The Bertz CT molecular complexity index is 563. The van der Waals surface area contributed by atoms with Gasteiger partial charge in [0.25, 0.3) is 5.78 Å². The van der Waals surface area contributed by atoms with Crippen molar-refractivity contribution in [1.82, 2.24) is 4.98 Å². The summed E-state index contributed by atoms with van der Waals surface area (Å²) in [4.78, 5) is 14.2. The number of H-pyrrole nitrogens is 1. The lowest BCUT2D eigenvalue weighted by Gasteiger charge is -1.98. The van der Waals surface area contributed by atoms with Gasteiger partial charge in [0.2, 0.25) is 0 Å². The number of carbonyl (C=O) groups is 1. The molecule has 15 heavy (non-hydrogen) atoms. The fourth-order valence-electron chi connectivity index (χ4n) is 1.48. The number of hydrogen-bond acceptors (Lipinski definition) is 3. The Balaban J connectivity index is 2.63. The number of Topliss-reactive ketones (excluding diaryl/α,β-unsaturated/α-hetero) is 1. The third-order valence-corrected chi connectivity index (χ3v) is 2.24. The summed E-state index contributed by atoms with van der Waals surface area (Å²) in [5.41, 5.74) is 1.18. The molecule has 0 fully saturated rings. The first-order valence-corrected chi connectivity index (χ1v) is 4.36. The Labute approximate surface area is 86.1 Å². The Hall–Kier alpha value is -2.28. The predicted octanol–water partition coefficient (Wildman–Crippen LogP) is 1.88. The van der Waals surface area contributed by atoms with Gasteiger partial charge in [0, 0.05) is 23.2 Å². The molecule has 1 aromatic carbocycles. The molecule has 0 bridgehead atoms. The molecule has 0 amide bonds. The van der Waals surface area contributed by atoms with Gasteiger partial charge in [-0.3, -0.25) is 4.79 Å². The van der Waals surface area contributed by atoms with Gasteiger partial charge in [-0.15, -0.1) is 0 Å². The summed E-state index contributed by atoms with van der Waals surface area (Å²) in [6.45, 7) is 0. The van der Waals surface area contributed by atoms with Crippen LogP contribution < -0.4 is 4.74 Å². The van der Waals surface area contributed by atoms with Crippen molar-refractivity contribution in [3.63, 3.8) is 0 Å². The molecule has 1 heterocycles. The van der Waals surface area contributed by atoms with Crippen LogP contribution in [0.1, 0.15) is 10.4 Å². The monoisotopic (exact) mass is 200 g/mol. The van der Waals surface area contributed by atoms with Crippen LogP contribution in [0.5, 0.6) is 5.75 Å². The summed E-state index contributed by atoms with van der Waals surface area (Å²) in [5.74, 6) is 0.173. The van der Waals surface area contributed by atoms with Crippen molar-refractivity contribution in [3.8, 4) is 11.8 Å². The number of ketones is 1. The minimum absolute atomic E-state index is 0.398. The maximum atomic E-state index is 11.2. The molecule has 0 radical (unpaired) electrons. The molecule has 1 aromatic heterocycles. The average Bonchev–Trinajstić information content (AvgIpc) is 2.70. The van der Waals surface area contributed by atoms with Crippen molar-refractivity contribution < 1.29 is 9.53 Å². The van der Waals surface area contributed by atoms with Gasteiger partial charge < -0.3 is 9.72 Å². The summed E-state index contributed by atoms with van der Waals surface area (Å²) in [7, 11) is 1.57. The van der Waals surface area contributed by atoms with Crippen LogP contribution in [0.3, 0.4) is 0 Å². The van der Waals surface area contributed by atoms with Crippen LogP contribution in [0.25, 0.3) is 10.9 Å². The Kier molecular flexibility index (Phi) is 2.14. The van der Waals surface area contributed by atoms with E-state index in [-0.39, 0.29) is 0 Å². The lowest BCUT2D eigenvalue weighted by Crippen LogP contribution is -1.91. The summed E-state index contributed by atoms with van der Waals surface area (Å²) in [6.07, 6.45) is 1.54. The molecule has 2 aromatic rings. The van der Waals surface area contributed by atoms with Gasteiger partial charge in [-0.1, -0.05) is 0 Å². The van der Waals surface area contributed by atoms with E-state index >= 15 is 0 Å². The zero-order chi connectivity index (χ0) is 10.8. The Morgan fingerprint density at radius 2 is 2.33 bits per heavy atom. The topological polar surface area (TPSA) is 65.9 Å². The van der Waals surface area contributed by atoms with Crippen molar-refractivity contribution in [2.24, 2.45) is 0 Å². The number of nitrogens with zero attached hydrogens (tertiary/aromatic N) is 1. The van der Waals surface area contributed by atoms with Crippen molar-refractivity contribution in [2.45, 2.75) is 0 Å². The van der Waals surface area contributed by atoms with E-state index < -0.39 is 5.78 Å². The summed E-state index contributed by atoms with van der Waals surface area (Å²) < 4.78 is 5.05. The highest BCUT2D eigenvalue weighted by atomic mass is 16.5. The molecule has 4 nitrogen and oxygen atoms in total. The first-order chi connectivity index (χ1) is 7.26. The molecule has 0 saturated carbocycles. The standard InChI is InChI=1S/C11H8N2O2/c1-15-7-2-3-8-9(11(14)5-12)6-13-10(8)4-7/h2-4,6,13H,1H3. The highest BCUT2D eigenvalue weighted by Crippen LogP contribution is 2.23. The van der Waals surface area contributed by atoms with Gasteiger partial charge in [0.05, 0.1) is 12.7 Å². The number of fused-ring (bicyclic) bond motifs is 1. The molecular weight excluding hydrogens is 192 g/mol. The number of aromatic amines is 1. The molecule has 0 aliphatic carbocycles. The van der Waals surface area contributed by atoms with Crippen LogP contribution >= 0.6 is 0 Å². The zero-order valence-corrected chi connectivity index (χ0v) is 8.07. The minimum atomic E-state index is -0.536. The van der Waals surface area contributed by atoms with E-state index in [2.05, 4.69) is 4.98 Å². The Morgan fingerprint density at radius 1 is 1.53 bits per heavy atom. The quantitative estimate of drug-likeness (QED) is 0.594. The maximum Gasteiger partial charge on any atom is 0.264 e. The van der Waals surface area contributed by atoms with E-state index in [0.717, 1.165) is 10.9 Å². The predicted molar refractivity (Wildman–Crippen MR) is 54.8 cm³/mol. The van der Waals surface area contributed by atoms with Crippen LogP contribution in [-0.2, 0) is 0 Å². The SMILES string of the molecule is COc1ccc2c(C(=O)C#N)c[nH]c2c1. The van der Waals surface area contributed by atoms with Crippen LogP contribution in [0.2, 0.25) is 0 Å². The number of nitrogens with one attached hydrogen (secondary N) is 1. The van der Waals surface area contributed by atoms with Gasteiger partial charge >= 0.3 is 0 Å². The number of aromatic nitrogens is 1. The first-order valence-electron chi connectivity index (χ1n) is 4.36. The van der Waals surface area contributed by atoms with Crippen LogP contribution in [0.15, 0.2) is 24.4 Å². The highest BCUT2D eigenvalue weighted by Gasteiger charge is 2.11. The van der Waals surface area contributed by atoms with E-state index in [1.54, 1.807) is 31.4 Å². The van der Waals surface area contributed by atoms with E-state index in [1.807, 2.05) is 0 Å². The van der Waals surface area contributed by atoms with Crippen molar-refractivity contribution in [3.05, 3.63) is 30.0 Å². The average molecular weight is 200 g/mol.